The van der Waals surface area contributed by atoms with Gasteiger partial charge in [0.15, 0.2) is 0 Å². The van der Waals surface area contributed by atoms with Crippen LogP contribution in [0.2, 0.25) is 0 Å². The Morgan fingerprint density at radius 2 is 1.71 bits per heavy atom. The topological polar surface area (TPSA) is 46.4 Å². The molecule has 2 heterocycles. The number of aromatic nitrogens is 2. The minimum absolute atomic E-state index is 0.117. The SMILES string of the molecule is O=C(CCc1c(-c2ccccc2)nc2ccccn12)NCc1ccccc1F. The van der Waals surface area contributed by atoms with Gasteiger partial charge >= 0.3 is 0 Å². The molecule has 0 aliphatic carbocycles. The summed E-state index contributed by atoms with van der Waals surface area (Å²) in [4.78, 5) is 17.1. The number of aryl methyl sites for hydroxylation is 1. The standard InChI is InChI=1S/C23H20FN3O/c24-19-11-5-4-10-18(19)16-25-22(28)14-13-20-23(17-8-2-1-3-9-17)26-21-12-6-7-15-27(20)21/h1-12,15H,13-14,16H2,(H,25,28). The lowest BCUT2D eigenvalue weighted by Gasteiger charge is -2.08. The molecule has 4 aromatic rings. The highest BCUT2D eigenvalue weighted by Gasteiger charge is 2.15. The smallest absolute Gasteiger partial charge is 0.220 e. The molecule has 0 saturated heterocycles. The lowest BCUT2D eigenvalue weighted by atomic mass is 10.1. The first-order valence-electron chi connectivity index (χ1n) is 9.24. The third-order valence-corrected chi connectivity index (χ3v) is 4.70. The van der Waals surface area contributed by atoms with Gasteiger partial charge in [0.1, 0.15) is 11.5 Å². The second-order valence-corrected chi connectivity index (χ2v) is 6.57. The van der Waals surface area contributed by atoms with Gasteiger partial charge in [0.05, 0.1) is 11.4 Å². The van der Waals surface area contributed by atoms with Crippen LogP contribution in [-0.2, 0) is 17.8 Å². The van der Waals surface area contributed by atoms with Gasteiger partial charge in [-0.1, -0.05) is 54.6 Å². The molecule has 0 radical (unpaired) electrons. The lowest BCUT2D eigenvalue weighted by molar-refractivity contribution is -0.121. The molecule has 0 spiro atoms. The van der Waals surface area contributed by atoms with Crippen molar-refractivity contribution in [2.45, 2.75) is 19.4 Å². The van der Waals surface area contributed by atoms with Crippen molar-refractivity contribution in [2.75, 3.05) is 0 Å². The predicted molar refractivity (Wildman–Crippen MR) is 107 cm³/mol. The minimum atomic E-state index is -0.309. The van der Waals surface area contributed by atoms with Crippen LogP contribution in [0, 0.1) is 5.82 Å². The number of amides is 1. The summed E-state index contributed by atoms with van der Waals surface area (Å²) in [5.41, 5.74) is 4.23. The van der Waals surface area contributed by atoms with Crippen molar-refractivity contribution < 1.29 is 9.18 Å². The van der Waals surface area contributed by atoms with E-state index in [0.717, 1.165) is 22.6 Å². The molecule has 1 amide bonds. The van der Waals surface area contributed by atoms with Gasteiger partial charge < -0.3 is 9.72 Å². The van der Waals surface area contributed by atoms with Crippen LogP contribution >= 0.6 is 0 Å². The maximum atomic E-state index is 13.7. The van der Waals surface area contributed by atoms with Gasteiger partial charge in [0.25, 0.3) is 0 Å². The summed E-state index contributed by atoms with van der Waals surface area (Å²) < 4.78 is 15.7. The number of nitrogens with one attached hydrogen (secondary N) is 1. The number of halogens is 1. The highest BCUT2D eigenvalue weighted by molar-refractivity contribution is 5.77. The Balaban J connectivity index is 1.51. The Labute approximate surface area is 162 Å². The van der Waals surface area contributed by atoms with Gasteiger partial charge in [0, 0.05) is 30.3 Å². The summed E-state index contributed by atoms with van der Waals surface area (Å²) in [6.45, 7) is 0.185. The average molecular weight is 373 g/mol. The van der Waals surface area contributed by atoms with Gasteiger partial charge in [0.2, 0.25) is 5.91 Å². The molecular formula is C23H20FN3O. The van der Waals surface area contributed by atoms with Crippen molar-refractivity contribution in [3.05, 3.63) is 96.1 Å². The molecule has 5 heteroatoms. The van der Waals surface area contributed by atoms with E-state index in [1.807, 2.05) is 59.1 Å². The van der Waals surface area contributed by atoms with Crippen LogP contribution < -0.4 is 5.32 Å². The van der Waals surface area contributed by atoms with Gasteiger partial charge in [-0.3, -0.25) is 4.79 Å². The van der Waals surface area contributed by atoms with E-state index in [4.69, 9.17) is 4.98 Å². The van der Waals surface area contributed by atoms with E-state index >= 15 is 0 Å². The van der Waals surface area contributed by atoms with E-state index in [1.54, 1.807) is 18.2 Å². The molecule has 2 aromatic carbocycles. The van der Waals surface area contributed by atoms with E-state index in [-0.39, 0.29) is 18.3 Å². The van der Waals surface area contributed by atoms with Crippen molar-refractivity contribution in [1.29, 1.82) is 0 Å². The van der Waals surface area contributed by atoms with E-state index in [1.165, 1.54) is 6.07 Å². The highest BCUT2D eigenvalue weighted by atomic mass is 19.1. The highest BCUT2D eigenvalue weighted by Crippen LogP contribution is 2.25. The van der Waals surface area contributed by atoms with Crippen LogP contribution in [-0.4, -0.2) is 15.3 Å². The van der Waals surface area contributed by atoms with E-state index in [9.17, 15) is 9.18 Å². The molecule has 0 fully saturated rings. The van der Waals surface area contributed by atoms with Crippen molar-refractivity contribution in [3.8, 4) is 11.3 Å². The van der Waals surface area contributed by atoms with Crippen molar-refractivity contribution in [2.24, 2.45) is 0 Å². The van der Waals surface area contributed by atoms with Gasteiger partial charge in [-0.15, -0.1) is 0 Å². The molecule has 0 atom stereocenters. The van der Waals surface area contributed by atoms with Crippen LogP contribution in [0.3, 0.4) is 0 Å². The summed E-state index contributed by atoms with van der Waals surface area (Å²) in [5.74, 6) is -0.427. The number of carbonyl (C=O) groups excluding carboxylic acids is 1. The molecule has 1 N–H and O–H groups in total. The van der Waals surface area contributed by atoms with Gasteiger partial charge in [-0.05, 0) is 24.6 Å². The Bertz CT molecular complexity index is 1110. The molecule has 4 nitrogen and oxygen atoms in total. The zero-order valence-electron chi connectivity index (χ0n) is 15.3. The molecule has 0 aliphatic rings. The second kappa shape index (κ2) is 8.05. The Hall–Kier alpha value is -3.47. The third kappa shape index (κ3) is 3.78. The van der Waals surface area contributed by atoms with Crippen LogP contribution in [0.4, 0.5) is 4.39 Å². The van der Waals surface area contributed by atoms with E-state index < -0.39 is 0 Å². The fourth-order valence-electron chi connectivity index (χ4n) is 3.27. The number of imidazole rings is 1. The number of nitrogens with zero attached hydrogens (tertiary/aromatic N) is 2. The zero-order valence-corrected chi connectivity index (χ0v) is 15.3. The fraction of sp³-hybridized carbons (Fsp3) is 0.130. The number of rotatable bonds is 6. The second-order valence-electron chi connectivity index (χ2n) is 6.57. The molecule has 140 valence electrons. The summed E-state index contributed by atoms with van der Waals surface area (Å²) in [5, 5.41) is 2.80. The first-order chi connectivity index (χ1) is 13.7. The minimum Gasteiger partial charge on any atom is -0.352 e. The number of carbonyl (C=O) groups is 1. The Morgan fingerprint density at radius 1 is 0.964 bits per heavy atom. The quantitative estimate of drug-likeness (QED) is 0.545. The number of fused-ring (bicyclic) bond motifs is 1. The van der Waals surface area contributed by atoms with Crippen molar-refractivity contribution in [3.63, 3.8) is 0 Å². The molecule has 0 unspecified atom stereocenters. The molecule has 0 aliphatic heterocycles. The predicted octanol–water partition coefficient (Wildman–Crippen LogP) is 4.39. The average Bonchev–Trinajstić information content (AvgIpc) is 3.11. The van der Waals surface area contributed by atoms with Crippen molar-refractivity contribution in [1.82, 2.24) is 14.7 Å². The van der Waals surface area contributed by atoms with Crippen LogP contribution in [0.5, 0.6) is 0 Å². The summed E-state index contributed by atoms with van der Waals surface area (Å²) >= 11 is 0. The van der Waals surface area contributed by atoms with E-state index in [0.29, 0.717) is 18.4 Å². The van der Waals surface area contributed by atoms with Crippen LogP contribution in [0.15, 0.2) is 79.0 Å². The summed E-state index contributed by atoms with van der Waals surface area (Å²) in [6.07, 6.45) is 2.80. The normalized spacial score (nSPS) is 10.9. The number of hydrogen-bond acceptors (Lipinski definition) is 2. The van der Waals surface area contributed by atoms with Gasteiger partial charge in [-0.2, -0.15) is 0 Å². The molecule has 0 bridgehead atoms. The van der Waals surface area contributed by atoms with Crippen molar-refractivity contribution >= 4 is 11.6 Å². The maximum absolute atomic E-state index is 13.7. The molecular weight excluding hydrogens is 353 g/mol. The molecule has 0 saturated carbocycles. The molecule has 2 aromatic heterocycles. The number of benzene rings is 2. The first-order valence-corrected chi connectivity index (χ1v) is 9.24. The zero-order chi connectivity index (χ0) is 19.3. The van der Waals surface area contributed by atoms with Gasteiger partial charge in [-0.25, -0.2) is 9.37 Å². The number of pyridine rings is 1. The number of hydrogen-bond donors (Lipinski definition) is 1. The van der Waals surface area contributed by atoms with Crippen LogP contribution in [0.25, 0.3) is 16.9 Å². The molecule has 28 heavy (non-hydrogen) atoms. The monoisotopic (exact) mass is 373 g/mol. The van der Waals surface area contributed by atoms with Crippen LogP contribution in [0.1, 0.15) is 17.7 Å². The lowest BCUT2D eigenvalue weighted by Crippen LogP contribution is -2.23. The Kier molecular flexibility index (Phi) is 5.15. The summed E-state index contributed by atoms with van der Waals surface area (Å²) in [6, 6.07) is 22.3. The first kappa shape index (κ1) is 17.9. The fourth-order valence-corrected chi connectivity index (χ4v) is 3.27. The molecule has 4 rings (SSSR count). The maximum Gasteiger partial charge on any atom is 0.220 e. The Morgan fingerprint density at radius 3 is 2.54 bits per heavy atom. The third-order valence-electron chi connectivity index (χ3n) is 4.70. The largest absolute Gasteiger partial charge is 0.352 e. The summed E-state index contributed by atoms with van der Waals surface area (Å²) in [7, 11) is 0. The van der Waals surface area contributed by atoms with E-state index in [2.05, 4.69) is 5.32 Å².